The van der Waals surface area contributed by atoms with E-state index in [9.17, 15) is 4.79 Å². The molecule has 0 radical (unpaired) electrons. The number of nitrogens with zero attached hydrogens (tertiary/aromatic N) is 2. The lowest BCUT2D eigenvalue weighted by molar-refractivity contribution is -0.136. The van der Waals surface area contributed by atoms with Crippen LogP contribution in [-0.2, 0) is 16.0 Å². The van der Waals surface area contributed by atoms with Crippen molar-refractivity contribution in [1.29, 1.82) is 0 Å². The van der Waals surface area contributed by atoms with Crippen LogP contribution in [0.5, 0.6) is 5.75 Å². The van der Waals surface area contributed by atoms with Crippen molar-refractivity contribution in [2.45, 2.75) is 19.3 Å². The second-order valence-electron chi connectivity index (χ2n) is 7.53. The van der Waals surface area contributed by atoms with Gasteiger partial charge in [0.05, 0.1) is 13.7 Å². The Hall–Kier alpha value is -3.60. The third-order valence-corrected chi connectivity index (χ3v) is 5.16. The van der Waals surface area contributed by atoms with E-state index in [4.69, 9.17) is 9.47 Å². The molecule has 5 heteroatoms. The Morgan fingerprint density at radius 2 is 1.75 bits per heavy atom. The van der Waals surface area contributed by atoms with Gasteiger partial charge in [0.1, 0.15) is 18.2 Å². The molecule has 0 saturated carbocycles. The Bertz CT molecular complexity index is 986. The predicted molar refractivity (Wildman–Crippen MR) is 129 cm³/mol. The molecule has 3 aromatic rings. The number of methoxy groups -OCH3 is 1. The van der Waals surface area contributed by atoms with Crippen LogP contribution >= 0.6 is 0 Å². The van der Waals surface area contributed by atoms with Crippen LogP contribution in [0.25, 0.3) is 6.08 Å². The maximum atomic E-state index is 12.2. The van der Waals surface area contributed by atoms with Crippen molar-refractivity contribution in [2.24, 2.45) is 0 Å². The highest BCUT2D eigenvalue weighted by Crippen LogP contribution is 2.19. The number of likely N-dealkylation sites (N-methyl/N-ethyl adjacent to an activating group) is 1. The van der Waals surface area contributed by atoms with Crippen molar-refractivity contribution in [1.82, 2.24) is 4.98 Å². The standard InChI is InChI=1S/C27H30N2O3/c1-29(26-13-6-7-18-28-26)19-20-32-25-16-14-23(15-17-25)21-24(27(30)31-2)12-8-11-22-9-4-3-5-10-22/h3-7,9-10,13-18,21H,8,11-12,19-20H2,1-2H3. The fraction of sp³-hybridized carbons (Fsp3) is 0.259. The van der Waals surface area contributed by atoms with Crippen LogP contribution in [0.1, 0.15) is 24.0 Å². The Morgan fingerprint density at radius 1 is 1.00 bits per heavy atom. The van der Waals surface area contributed by atoms with Gasteiger partial charge in [0.25, 0.3) is 0 Å². The summed E-state index contributed by atoms with van der Waals surface area (Å²) in [6, 6.07) is 23.9. The van der Waals surface area contributed by atoms with Gasteiger partial charge in [0, 0.05) is 18.8 Å². The minimum absolute atomic E-state index is 0.282. The third-order valence-electron chi connectivity index (χ3n) is 5.16. The number of ether oxygens (including phenoxy) is 2. The summed E-state index contributed by atoms with van der Waals surface area (Å²) >= 11 is 0. The maximum Gasteiger partial charge on any atom is 0.333 e. The van der Waals surface area contributed by atoms with E-state index < -0.39 is 0 Å². The molecule has 0 N–H and O–H groups in total. The molecule has 0 aliphatic carbocycles. The summed E-state index contributed by atoms with van der Waals surface area (Å²) in [5.41, 5.74) is 2.89. The molecule has 1 heterocycles. The topological polar surface area (TPSA) is 51.7 Å². The molecule has 0 unspecified atom stereocenters. The number of benzene rings is 2. The monoisotopic (exact) mass is 430 g/mol. The van der Waals surface area contributed by atoms with E-state index in [-0.39, 0.29) is 5.97 Å². The number of aromatic nitrogens is 1. The van der Waals surface area contributed by atoms with E-state index >= 15 is 0 Å². The number of rotatable bonds is 11. The first kappa shape index (κ1) is 23.1. The number of hydrogen-bond donors (Lipinski definition) is 0. The first-order valence-electron chi connectivity index (χ1n) is 10.8. The number of esters is 1. The van der Waals surface area contributed by atoms with Crippen LogP contribution in [-0.4, -0.2) is 38.3 Å². The van der Waals surface area contributed by atoms with E-state index in [2.05, 4.69) is 22.0 Å². The first-order chi connectivity index (χ1) is 15.7. The second kappa shape index (κ2) is 12.3. The highest BCUT2D eigenvalue weighted by molar-refractivity contribution is 5.93. The Kier molecular flexibility index (Phi) is 8.87. The Labute approximate surface area is 190 Å². The van der Waals surface area contributed by atoms with Crippen LogP contribution in [0.15, 0.2) is 84.6 Å². The van der Waals surface area contributed by atoms with Gasteiger partial charge in [-0.3, -0.25) is 0 Å². The van der Waals surface area contributed by atoms with Crippen LogP contribution in [0.4, 0.5) is 5.82 Å². The van der Waals surface area contributed by atoms with E-state index in [1.807, 2.05) is 73.8 Å². The van der Waals surface area contributed by atoms with Crippen molar-refractivity contribution in [3.63, 3.8) is 0 Å². The largest absolute Gasteiger partial charge is 0.492 e. The normalized spacial score (nSPS) is 11.1. The molecule has 0 fully saturated rings. The lowest BCUT2D eigenvalue weighted by atomic mass is 10.0. The molecule has 0 atom stereocenters. The van der Waals surface area contributed by atoms with Gasteiger partial charge in [-0.25, -0.2) is 9.78 Å². The minimum atomic E-state index is -0.282. The average molecular weight is 431 g/mol. The Balaban J connectivity index is 1.53. The van der Waals surface area contributed by atoms with Crippen LogP contribution in [0.3, 0.4) is 0 Å². The molecule has 166 valence electrons. The summed E-state index contributed by atoms with van der Waals surface area (Å²) < 4.78 is 10.8. The molecule has 0 amide bonds. The van der Waals surface area contributed by atoms with E-state index in [0.29, 0.717) is 18.6 Å². The summed E-state index contributed by atoms with van der Waals surface area (Å²) in [6.45, 7) is 1.28. The summed E-state index contributed by atoms with van der Waals surface area (Å²) in [6.07, 6.45) is 6.16. The molecule has 0 aliphatic heterocycles. The zero-order valence-corrected chi connectivity index (χ0v) is 18.7. The number of carbonyl (C=O) groups excluding carboxylic acids is 1. The molecule has 5 nitrogen and oxygen atoms in total. The summed E-state index contributed by atoms with van der Waals surface area (Å²) in [5, 5.41) is 0. The van der Waals surface area contributed by atoms with Crippen LogP contribution in [0, 0.1) is 0 Å². The summed E-state index contributed by atoms with van der Waals surface area (Å²) in [7, 11) is 3.41. The van der Waals surface area contributed by atoms with Gasteiger partial charge in [-0.05, 0) is 60.7 Å². The van der Waals surface area contributed by atoms with Crippen molar-refractivity contribution in [3.05, 3.63) is 95.7 Å². The highest BCUT2D eigenvalue weighted by Gasteiger charge is 2.10. The van der Waals surface area contributed by atoms with Crippen molar-refractivity contribution >= 4 is 17.9 Å². The van der Waals surface area contributed by atoms with Gasteiger partial charge in [0.2, 0.25) is 0 Å². The third kappa shape index (κ3) is 7.27. The molecule has 32 heavy (non-hydrogen) atoms. The van der Waals surface area contributed by atoms with Gasteiger partial charge in [-0.1, -0.05) is 48.5 Å². The molecule has 0 aliphatic rings. The molecular weight excluding hydrogens is 400 g/mol. The molecule has 3 rings (SSSR count). The molecule has 0 bridgehead atoms. The predicted octanol–water partition coefficient (Wildman–Crippen LogP) is 5.18. The van der Waals surface area contributed by atoms with Crippen molar-refractivity contribution in [2.75, 3.05) is 32.2 Å². The number of aryl methyl sites for hydroxylation is 1. The molecular formula is C27H30N2O3. The minimum Gasteiger partial charge on any atom is -0.492 e. The fourth-order valence-corrected chi connectivity index (χ4v) is 3.35. The lowest BCUT2D eigenvalue weighted by Gasteiger charge is -2.18. The van der Waals surface area contributed by atoms with Gasteiger partial charge in [0.15, 0.2) is 0 Å². The second-order valence-corrected chi connectivity index (χ2v) is 7.53. The molecule has 1 aromatic heterocycles. The fourth-order valence-electron chi connectivity index (χ4n) is 3.35. The van der Waals surface area contributed by atoms with Crippen molar-refractivity contribution in [3.8, 4) is 5.75 Å². The summed E-state index contributed by atoms with van der Waals surface area (Å²) in [4.78, 5) is 18.6. The smallest absolute Gasteiger partial charge is 0.333 e. The first-order valence-corrected chi connectivity index (χ1v) is 10.8. The van der Waals surface area contributed by atoms with Gasteiger partial charge >= 0.3 is 5.97 Å². The number of carbonyl (C=O) groups is 1. The molecule has 2 aromatic carbocycles. The van der Waals surface area contributed by atoms with Gasteiger partial charge < -0.3 is 14.4 Å². The summed E-state index contributed by atoms with van der Waals surface area (Å²) in [5.74, 6) is 1.43. The molecule has 0 spiro atoms. The van der Waals surface area contributed by atoms with Crippen LogP contribution in [0.2, 0.25) is 0 Å². The molecule has 0 saturated heterocycles. The van der Waals surface area contributed by atoms with E-state index in [0.717, 1.165) is 36.5 Å². The average Bonchev–Trinajstić information content (AvgIpc) is 2.85. The number of anilines is 1. The number of pyridine rings is 1. The SMILES string of the molecule is COC(=O)C(=Cc1ccc(OCCN(C)c2ccccn2)cc1)CCCc1ccccc1. The zero-order valence-electron chi connectivity index (χ0n) is 18.7. The zero-order chi connectivity index (χ0) is 22.6. The van der Waals surface area contributed by atoms with Gasteiger partial charge in [-0.2, -0.15) is 0 Å². The quantitative estimate of drug-likeness (QED) is 0.310. The Morgan fingerprint density at radius 3 is 2.44 bits per heavy atom. The maximum absolute atomic E-state index is 12.2. The highest BCUT2D eigenvalue weighted by atomic mass is 16.5. The lowest BCUT2D eigenvalue weighted by Crippen LogP contribution is -2.24. The van der Waals surface area contributed by atoms with E-state index in [1.165, 1.54) is 12.7 Å². The van der Waals surface area contributed by atoms with Crippen LogP contribution < -0.4 is 9.64 Å². The van der Waals surface area contributed by atoms with Crippen molar-refractivity contribution < 1.29 is 14.3 Å². The van der Waals surface area contributed by atoms with Gasteiger partial charge in [-0.15, -0.1) is 0 Å². The number of hydrogen-bond acceptors (Lipinski definition) is 5. The van der Waals surface area contributed by atoms with E-state index in [1.54, 1.807) is 6.20 Å².